The minimum atomic E-state index is -0.0249. The van der Waals surface area contributed by atoms with Gasteiger partial charge in [0.25, 0.3) is 0 Å². The summed E-state index contributed by atoms with van der Waals surface area (Å²) in [5.74, 6) is 1.25. The number of nitrogens with zero attached hydrogens (tertiary/aromatic N) is 5. The molecule has 0 atom stereocenters. The van der Waals surface area contributed by atoms with Crippen LogP contribution in [0.5, 0.6) is 0 Å². The number of hydrogen-bond donors (Lipinski definition) is 1. The monoisotopic (exact) mass is 498 g/mol. The maximum atomic E-state index is 5.34. The van der Waals surface area contributed by atoms with Crippen LogP contribution in [0.25, 0.3) is 16.7 Å². The Hall–Kier alpha value is -3.47. The number of allylic oxidation sites excluding steroid dienone is 2. The van der Waals surface area contributed by atoms with Crippen LogP contribution in [0.15, 0.2) is 42.0 Å². The van der Waals surface area contributed by atoms with Crippen molar-refractivity contribution in [1.29, 1.82) is 0 Å². The Bertz CT molecular complexity index is 1290. The third-order valence-electron chi connectivity index (χ3n) is 6.87. The van der Waals surface area contributed by atoms with Crippen molar-refractivity contribution < 1.29 is 4.74 Å². The average molecular weight is 499 g/mol. The molecule has 1 aliphatic heterocycles. The van der Waals surface area contributed by atoms with Gasteiger partial charge in [0.05, 0.1) is 22.5 Å². The lowest BCUT2D eigenvalue weighted by molar-refractivity contribution is 0.178. The Morgan fingerprint density at radius 1 is 1.08 bits per heavy atom. The lowest BCUT2D eigenvalue weighted by atomic mass is 9.85. The van der Waals surface area contributed by atoms with Crippen LogP contribution >= 0.6 is 0 Å². The molecule has 0 saturated heterocycles. The molecular formula is C30H38N6O. The van der Waals surface area contributed by atoms with E-state index in [2.05, 4.69) is 87.1 Å². The summed E-state index contributed by atoms with van der Waals surface area (Å²) in [6.07, 6.45) is 4.30. The SMILES string of the molecule is CCN(CC)CC(C)(C)c1c#cc(Nc2nc(COC)nc3nc(C4=C(C)C=CCN4C)ccc23)cc1. The van der Waals surface area contributed by atoms with Crippen LogP contribution in [0, 0.1) is 12.1 Å². The molecule has 194 valence electrons. The average Bonchev–Trinajstić information content (AvgIpc) is 2.87. The highest BCUT2D eigenvalue weighted by Crippen LogP contribution is 2.29. The molecule has 0 unspecified atom stereocenters. The highest BCUT2D eigenvalue weighted by atomic mass is 16.5. The smallest absolute Gasteiger partial charge is 0.165 e. The second kappa shape index (κ2) is 11.3. The molecule has 1 N–H and O–H groups in total. The molecule has 0 aliphatic carbocycles. The lowest BCUT2D eigenvalue weighted by Crippen LogP contribution is -2.36. The zero-order valence-corrected chi connectivity index (χ0v) is 23.1. The lowest BCUT2D eigenvalue weighted by Gasteiger charge is -2.30. The molecule has 4 rings (SSSR count). The van der Waals surface area contributed by atoms with Gasteiger partial charge in [-0.2, -0.15) is 0 Å². The van der Waals surface area contributed by atoms with E-state index < -0.39 is 0 Å². The standard InChI is InChI=1S/C30H38N6O/c1-8-36(9-2)20-30(4,5)22-12-14-23(15-13-22)31-28-24-16-17-25(27-21(3)11-10-18-35(27)6)32-29(24)34-26(33-28)19-37-7/h10-12,14,16-17H,8-9,18-20H2,1-7H3,(H,31,32,33,34). The van der Waals surface area contributed by atoms with E-state index in [1.165, 1.54) is 5.57 Å². The fraction of sp³-hybridized carbons (Fsp3) is 0.433. The van der Waals surface area contributed by atoms with E-state index in [0.717, 1.165) is 54.2 Å². The number of pyridine rings is 1. The molecule has 3 aromatic rings. The van der Waals surface area contributed by atoms with E-state index >= 15 is 0 Å². The van der Waals surface area contributed by atoms with Gasteiger partial charge < -0.3 is 19.9 Å². The van der Waals surface area contributed by atoms with E-state index in [4.69, 9.17) is 19.7 Å². The number of ether oxygens (including phenoxy) is 1. The van der Waals surface area contributed by atoms with Gasteiger partial charge in [-0.05, 0) is 55.9 Å². The van der Waals surface area contributed by atoms with Crippen molar-refractivity contribution in [3.05, 3.63) is 71.2 Å². The third kappa shape index (κ3) is 5.93. The number of nitrogens with one attached hydrogen (secondary N) is 1. The molecule has 0 saturated carbocycles. The molecular weight excluding hydrogens is 460 g/mol. The summed E-state index contributed by atoms with van der Waals surface area (Å²) in [7, 11) is 3.72. The fourth-order valence-corrected chi connectivity index (χ4v) is 4.80. The van der Waals surface area contributed by atoms with Gasteiger partial charge in [0.1, 0.15) is 12.4 Å². The number of fused-ring (bicyclic) bond motifs is 1. The van der Waals surface area contributed by atoms with Crippen LogP contribution < -0.4 is 5.32 Å². The van der Waals surface area contributed by atoms with Crippen LogP contribution in [0.3, 0.4) is 0 Å². The minimum absolute atomic E-state index is 0.0249. The van der Waals surface area contributed by atoms with Crippen molar-refractivity contribution >= 4 is 28.2 Å². The molecule has 0 bridgehead atoms. The first-order valence-corrected chi connectivity index (χ1v) is 12.9. The molecule has 0 spiro atoms. The quantitative estimate of drug-likeness (QED) is 0.403. The molecule has 7 heteroatoms. The predicted octanol–water partition coefficient (Wildman–Crippen LogP) is 5.37. The first kappa shape index (κ1) is 26.6. The molecule has 3 heterocycles. The Labute approximate surface area is 221 Å². The highest BCUT2D eigenvalue weighted by molar-refractivity contribution is 5.89. The van der Waals surface area contributed by atoms with Crippen LogP contribution in [-0.2, 0) is 16.8 Å². The fourth-order valence-electron chi connectivity index (χ4n) is 4.80. The maximum absolute atomic E-state index is 5.34. The van der Waals surface area contributed by atoms with Gasteiger partial charge in [0.15, 0.2) is 11.5 Å². The number of likely N-dealkylation sites (N-methyl/N-ethyl adjacent to an activating group) is 2. The largest absolute Gasteiger partial charge is 0.377 e. The van der Waals surface area contributed by atoms with Crippen LogP contribution in [-0.4, -0.2) is 65.1 Å². The van der Waals surface area contributed by atoms with Gasteiger partial charge in [-0.1, -0.05) is 45.9 Å². The molecule has 1 aliphatic rings. The molecule has 2 aromatic heterocycles. The van der Waals surface area contributed by atoms with Gasteiger partial charge in [-0.3, -0.25) is 0 Å². The molecule has 0 amide bonds. The van der Waals surface area contributed by atoms with Crippen molar-refractivity contribution in [3.8, 4) is 0 Å². The van der Waals surface area contributed by atoms with Crippen molar-refractivity contribution in [2.24, 2.45) is 0 Å². The number of anilines is 2. The molecule has 0 fully saturated rings. The van der Waals surface area contributed by atoms with Crippen LogP contribution in [0.2, 0.25) is 0 Å². The van der Waals surface area contributed by atoms with Gasteiger partial charge in [-0.25, -0.2) is 15.0 Å². The van der Waals surface area contributed by atoms with E-state index in [0.29, 0.717) is 23.9 Å². The van der Waals surface area contributed by atoms with Crippen molar-refractivity contribution in [1.82, 2.24) is 24.8 Å². The van der Waals surface area contributed by atoms with Gasteiger partial charge in [-0.15, -0.1) is 0 Å². The zero-order valence-electron chi connectivity index (χ0n) is 23.1. The van der Waals surface area contributed by atoms with Crippen molar-refractivity contribution in [2.75, 3.05) is 45.7 Å². The molecule has 7 nitrogen and oxygen atoms in total. The summed E-state index contributed by atoms with van der Waals surface area (Å²) in [6.45, 7) is 15.2. The summed E-state index contributed by atoms with van der Waals surface area (Å²) in [4.78, 5) is 19.0. The van der Waals surface area contributed by atoms with Gasteiger partial charge in [0, 0.05) is 38.2 Å². The highest BCUT2D eigenvalue weighted by Gasteiger charge is 2.23. The van der Waals surface area contributed by atoms with Gasteiger partial charge >= 0.3 is 0 Å². The first-order chi connectivity index (χ1) is 17.7. The van der Waals surface area contributed by atoms with E-state index in [1.807, 2.05) is 18.2 Å². The topological polar surface area (TPSA) is 66.4 Å². The minimum Gasteiger partial charge on any atom is -0.377 e. The molecule has 0 radical (unpaired) electrons. The Morgan fingerprint density at radius 3 is 2.51 bits per heavy atom. The Morgan fingerprint density at radius 2 is 1.86 bits per heavy atom. The van der Waals surface area contributed by atoms with E-state index in [1.54, 1.807) is 7.11 Å². The third-order valence-corrected chi connectivity index (χ3v) is 6.87. The van der Waals surface area contributed by atoms with Crippen LogP contribution in [0.4, 0.5) is 11.5 Å². The maximum Gasteiger partial charge on any atom is 0.165 e. The number of rotatable bonds is 10. The summed E-state index contributed by atoms with van der Waals surface area (Å²) in [5, 5.41) is 4.27. The summed E-state index contributed by atoms with van der Waals surface area (Å²) in [5.41, 5.74) is 5.72. The zero-order chi connectivity index (χ0) is 26.6. The Kier molecular flexibility index (Phi) is 8.11. The Balaban J connectivity index is 1.66. The predicted molar refractivity (Wildman–Crippen MR) is 151 cm³/mol. The summed E-state index contributed by atoms with van der Waals surface area (Å²) < 4.78 is 5.34. The normalized spacial score (nSPS) is 14.0. The first-order valence-electron chi connectivity index (χ1n) is 12.9. The number of aromatic nitrogens is 3. The second-order valence-corrected chi connectivity index (χ2v) is 10.2. The van der Waals surface area contributed by atoms with Crippen molar-refractivity contribution in [2.45, 2.75) is 46.6 Å². The number of hydrogen-bond acceptors (Lipinski definition) is 7. The summed E-state index contributed by atoms with van der Waals surface area (Å²) >= 11 is 0. The second-order valence-electron chi connectivity index (χ2n) is 10.2. The van der Waals surface area contributed by atoms with E-state index in [-0.39, 0.29) is 5.41 Å². The number of methoxy groups -OCH3 is 1. The summed E-state index contributed by atoms with van der Waals surface area (Å²) in [6, 6.07) is 14.9. The van der Waals surface area contributed by atoms with Gasteiger partial charge in [0.2, 0.25) is 0 Å². The van der Waals surface area contributed by atoms with Crippen LogP contribution in [0.1, 0.15) is 51.7 Å². The van der Waals surface area contributed by atoms with E-state index in [9.17, 15) is 0 Å². The molecule has 37 heavy (non-hydrogen) atoms. The van der Waals surface area contributed by atoms with Crippen molar-refractivity contribution in [3.63, 3.8) is 0 Å². The molecule has 1 aromatic carbocycles.